The highest BCUT2D eigenvalue weighted by Gasteiger charge is 2.27. The van der Waals surface area contributed by atoms with Gasteiger partial charge in [0, 0.05) is 18.3 Å². The molecule has 2 rings (SSSR count). The first-order valence-corrected chi connectivity index (χ1v) is 7.89. The second-order valence-corrected chi connectivity index (χ2v) is 6.79. The summed E-state index contributed by atoms with van der Waals surface area (Å²) in [6.07, 6.45) is 4.48. The molecule has 106 valence electrons. The molecule has 0 spiro atoms. The molecule has 0 atom stereocenters. The summed E-state index contributed by atoms with van der Waals surface area (Å²) < 4.78 is 24.5. The normalized spacial score (nSPS) is 16.4. The molecule has 1 heterocycles. The van der Waals surface area contributed by atoms with Gasteiger partial charge in [0.1, 0.15) is 10.6 Å². The van der Waals surface area contributed by atoms with Crippen LogP contribution in [-0.4, -0.2) is 24.9 Å². The predicted octanol–water partition coefficient (Wildman–Crippen LogP) is 0.999. The predicted molar refractivity (Wildman–Crippen MR) is 71.3 cm³/mol. The molecule has 1 saturated carbocycles. The average Bonchev–Trinajstić information content (AvgIpc) is 2.57. The Bertz CT molecular complexity index is 585. The van der Waals surface area contributed by atoms with Crippen LogP contribution in [0.1, 0.15) is 49.6 Å². The first kappa shape index (κ1) is 14.1. The van der Waals surface area contributed by atoms with E-state index in [4.69, 9.17) is 5.14 Å². The van der Waals surface area contributed by atoms with Gasteiger partial charge in [-0.1, -0.05) is 0 Å². The maximum Gasteiger partial charge on any atom is 0.268 e. The third-order valence-electron chi connectivity index (χ3n) is 3.27. The third kappa shape index (κ3) is 2.98. The summed E-state index contributed by atoms with van der Waals surface area (Å²) in [5, 5.41) is 7.90. The monoisotopic (exact) mass is 285 g/mol. The molecular formula is C12H19N3O3S. The van der Waals surface area contributed by atoms with Crippen LogP contribution in [-0.2, 0) is 10.0 Å². The van der Waals surface area contributed by atoms with Crippen LogP contribution in [0.2, 0.25) is 0 Å². The Morgan fingerprint density at radius 2 is 2.11 bits per heavy atom. The van der Waals surface area contributed by atoms with Crippen molar-refractivity contribution in [2.75, 3.05) is 0 Å². The largest absolute Gasteiger partial charge is 0.349 e. The van der Waals surface area contributed by atoms with Gasteiger partial charge in [0.05, 0.1) is 0 Å². The minimum absolute atomic E-state index is 0.00447. The van der Waals surface area contributed by atoms with Crippen molar-refractivity contribution in [3.05, 3.63) is 18.0 Å². The van der Waals surface area contributed by atoms with Crippen LogP contribution in [0.15, 0.2) is 17.2 Å². The SMILES string of the molecule is CC(C)NC(=O)c1cc(S(N)(=O)=O)cn1C1CCC1. The van der Waals surface area contributed by atoms with Gasteiger partial charge in [-0.2, -0.15) is 0 Å². The van der Waals surface area contributed by atoms with Gasteiger partial charge in [-0.3, -0.25) is 4.79 Å². The second kappa shape index (κ2) is 4.97. The topological polar surface area (TPSA) is 94.2 Å². The molecule has 1 aliphatic carbocycles. The average molecular weight is 285 g/mol. The highest BCUT2D eigenvalue weighted by Crippen LogP contribution is 2.34. The van der Waals surface area contributed by atoms with Gasteiger partial charge in [-0.05, 0) is 39.2 Å². The fourth-order valence-electron chi connectivity index (χ4n) is 2.09. The number of amides is 1. The van der Waals surface area contributed by atoms with Crippen molar-refractivity contribution in [2.45, 2.75) is 50.1 Å². The van der Waals surface area contributed by atoms with Gasteiger partial charge in [0.2, 0.25) is 10.0 Å². The number of hydrogen-bond acceptors (Lipinski definition) is 3. The lowest BCUT2D eigenvalue weighted by Crippen LogP contribution is -2.33. The first-order valence-electron chi connectivity index (χ1n) is 6.34. The van der Waals surface area contributed by atoms with E-state index in [0.29, 0.717) is 5.69 Å². The van der Waals surface area contributed by atoms with E-state index in [2.05, 4.69) is 5.32 Å². The molecule has 6 nitrogen and oxygen atoms in total. The minimum Gasteiger partial charge on any atom is -0.349 e. The molecule has 1 fully saturated rings. The van der Waals surface area contributed by atoms with Crippen molar-refractivity contribution >= 4 is 15.9 Å². The van der Waals surface area contributed by atoms with Crippen LogP contribution in [0, 0.1) is 0 Å². The van der Waals surface area contributed by atoms with E-state index in [1.165, 1.54) is 12.3 Å². The quantitative estimate of drug-likeness (QED) is 0.864. The summed E-state index contributed by atoms with van der Waals surface area (Å²) in [5.41, 5.74) is 0.363. The molecular weight excluding hydrogens is 266 g/mol. The van der Waals surface area contributed by atoms with Crippen molar-refractivity contribution in [3.8, 4) is 0 Å². The van der Waals surface area contributed by atoms with Crippen molar-refractivity contribution in [1.29, 1.82) is 0 Å². The van der Waals surface area contributed by atoms with Crippen LogP contribution >= 0.6 is 0 Å². The van der Waals surface area contributed by atoms with E-state index in [9.17, 15) is 13.2 Å². The van der Waals surface area contributed by atoms with E-state index in [1.54, 1.807) is 4.57 Å². The number of sulfonamides is 1. The standard InChI is InChI=1S/C12H19N3O3S/c1-8(2)14-12(16)11-6-10(19(13,17)18)7-15(11)9-4-3-5-9/h6-9H,3-5H2,1-2H3,(H,14,16)(H2,13,17,18). The molecule has 0 radical (unpaired) electrons. The summed E-state index contributed by atoms with van der Waals surface area (Å²) in [6, 6.07) is 1.55. The zero-order chi connectivity index (χ0) is 14.2. The van der Waals surface area contributed by atoms with Crippen LogP contribution in [0.5, 0.6) is 0 Å². The number of rotatable bonds is 4. The van der Waals surface area contributed by atoms with Crippen LogP contribution in [0.25, 0.3) is 0 Å². The molecule has 0 unspecified atom stereocenters. The Labute approximate surface area is 113 Å². The minimum atomic E-state index is -3.78. The molecule has 1 aromatic rings. The van der Waals surface area contributed by atoms with Crippen LogP contribution < -0.4 is 10.5 Å². The molecule has 0 aliphatic heterocycles. The Balaban J connectivity index is 2.39. The maximum absolute atomic E-state index is 12.1. The molecule has 0 saturated heterocycles. The highest BCUT2D eigenvalue weighted by atomic mass is 32.2. The van der Waals surface area contributed by atoms with Crippen molar-refractivity contribution in [1.82, 2.24) is 9.88 Å². The number of nitrogens with two attached hydrogens (primary N) is 1. The second-order valence-electron chi connectivity index (χ2n) is 5.23. The summed E-state index contributed by atoms with van der Waals surface area (Å²) in [6.45, 7) is 3.71. The molecule has 19 heavy (non-hydrogen) atoms. The first-order chi connectivity index (χ1) is 8.79. The van der Waals surface area contributed by atoms with Crippen molar-refractivity contribution in [3.63, 3.8) is 0 Å². The summed E-state index contributed by atoms with van der Waals surface area (Å²) in [7, 11) is -3.78. The Hall–Kier alpha value is -1.34. The number of nitrogens with one attached hydrogen (secondary N) is 1. The number of hydrogen-bond donors (Lipinski definition) is 2. The van der Waals surface area contributed by atoms with Crippen molar-refractivity contribution in [2.24, 2.45) is 5.14 Å². The molecule has 3 N–H and O–H groups in total. The lowest BCUT2D eigenvalue weighted by molar-refractivity contribution is 0.0928. The fraction of sp³-hybridized carbons (Fsp3) is 0.583. The maximum atomic E-state index is 12.1. The molecule has 7 heteroatoms. The van der Waals surface area contributed by atoms with E-state index in [1.807, 2.05) is 13.8 Å². The van der Waals surface area contributed by atoms with Gasteiger partial charge in [-0.15, -0.1) is 0 Å². The van der Waals surface area contributed by atoms with E-state index < -0.39 is 10.0 Å². The summed E-state index contributed by atoms with van der Waals surface area (Å²) in [4.78, 5) is 12.1. The summed E-state index contributed by atoms with van der Waals surface area (Å²) in [5.74, 6) is -0.267. The van der Waals surface area contributed by atoms with E-state index >= 15 is 0 Å². The van der Waals surface area contributed by atoms with Gasteiger partial charge < -0.3 is 9.88 Å². The van der Waals surface area contributed by atoms with Crippen LogP contribution in [0.3, 0.4) is 0 Å². The molecule has 1 amide bonds. The zero-order valence-electron chi connectivity index (χ0n) is 11.1. The Morgan fingerprint density at radius 3 is 2.53 bits per heavy atom. The Morgan fingerprint density at radius 1 is 1.47 bits per heavy atom. The number of nitrogens with zero attached hydrogens (tertiary/aromatic N) is 1. The lowest BCUT2D eigenvalue weighted by atomic mass is 9.93. The van der Waals surface area contributed by atoms with Crippen LogP contribution in [0.4, 0.5) is 0 Å². The molecule has 0 aromatic carbocycles. The third-order valence-corrected chi connectivity index (χ3v) is 4.15. The number of carbonyl (C=O) groups is 1. The zero-order valence-corrected chi connectivity index (χ0v) is 11.9. The number of aromatic nitrogens is 1. The van der Waals surface area contributed by atoms with Crippen molar-refractivity contribution < 1.29 is 13.2 Å². The number of carbonyl (C=O) groups excluding carboxylic acids is 1. The van der Waals surface area contributed by atoms with Gasteiger partial charge in [0.25, 0.3) is 5.91 Å². The Kier molecular flexibility index (Phi) is 3.69. The number of primary sulfonamides is 1. The van der Waals surface area contributed by atoms with E-state index in [-0.39, 0.29) is 22.9 Å². The molecule has 1 aromatic heterocycles. The smallest absolute Gasteiger partial charge is 0.268 e. The van der Waals surface area contributed by atoms with Gasteiger partial charge >= 0.3 is 0 Å². The van der Waals surface area contributed by atoms with Gasteiger partial charge in [0.15, 0.2) is 0 Å². The van der Waals surface area contributed by atoms with Gasteiger partial charge in [-0.25, -0.2) is 13.6 Å². The lowest BCUT2D eigenvalue weighted by Gasteiger charge is -2.28. The summed E-state index contributed by atoms with van der Waals surface area (Å²) >= 11 is 0. The highest BCUT2D eigenvalue weighted by molar-refractivity contribution is 7.89. The molecule has 0 bridgehead atoms. The fourth-order valence-corrected chi connectivity index (χ4v) is 2.63. The van der Waals surface area contributed by atoms with E-state index in [0.717, 1.165) is 19.3 Å². The molecule has 1 aliphatic rings.